The van der Waals surface area contributed by atoms with Crippen molar-refractivity contribution in [3.05, 3.63) is 70.8 Å². The van der Waals surface area contributed by atoms with E-state index in [1.165, 1.54) is 22.3 Å². The van der Waals surface area contributed by atoms with Crippen molar-refractivity contribution < 1.29 is 0 Å². The minimum atomic E-state index is 0.261. The molecular weight excluding hydrogens is 244 g/mol. The molecule has 106 valence electrons. The molecule has 0 spiro atoms. The van der Waals surface area contributed by atoms with Crippen LogP contribution < -0.4 is 5.73 Å². The second kappa shape index (κ2) is 6.69. The Hall–Kier alpha value is -1.64. The van der Waals surface area contributed by atoms with E-state index in [9.17, 15) is 0 Å². The summed E-state index contributed by atoms with van der Waals surface area (Å²) in [5.74, 6) is 0. The highest BCUT2D eigenvalue weighted by Gasteiger charge is 2.19. The van der Waals surface area contributed by atoms with Gasteiger partial charge in [0.05, 0.1) is 0 Å². The number of rotatable bonds is 5. The minimum absolute atomic E-state index is 0.261. The summed E-state index contributed by atoms with van der Waals surface area (Å²) >= 11 is 0. The van der Waals surface area contributed by atoms with Gasteiger partial charge in [-0.1, -0.05) is 48.5 Å². The van der Waals surface area contributed by atoms with Gasteiger partial charge in [0.25, 0.3) is 0 Å². The SMILES string of the molecule is Cc1cccc(C)c1C(CN)N(C)Cc1ccccc1. The molecule has 1 atom stereocenters. The van der Waals surface area contributed by atoms with E-state index in [4.69, 9.17) is 5.73 Å². The maximum Gasteiger partial charge on any atom is 0.0476 e. The highest BCUT2D eigenvalue weighted by molar-refractivity contribution is 5.36. The first-order chi connectivity index (χ1) is 9.63. The van der Waals surface area contributed by atoms with Gasteiger partial charge in [0.1, 0.15) is 0 Å². The van der Waals surface area contributed by atoms with Crippen molar-refractivity contribution in [3.8, 4) is 0 Å². The van der Waals surface area contributed by atoms with E-state index in [1.807, 2.05) is 0 Å². The van der Waals surface area contributed by atoms with Crippen molar-refractivity contribution in [1.29, 1.82) is 0 Å². The van der Waals surface area contributed by atoms with E-state index >= 15 is 0 Å². The van der Waals surface area contributed by atoms with Gasteiger partial charge >= 0.3 is 0 Å². The first kappa shape index (κ1) is 14.8. The number of benzene rings is 2. The molecule has 2 nitrogen and oxygen atoms in total. The van der Waals surface area contributed by atoms with Crippen molar-refractivity contribution in [2.75, 3.05) is 13.6 Å². The predicted molar refractivity (Wildman–Crippen MR) is 85.6 cm³/mol. The molecule has 2 rings (SSSR count). The molecule has 0 aliphatic rings. The summed E-state index contributed by atoms with van der Waals surface area (Å²) in [6.45, 7) is 5.88. The van der Waals surface area contributed by atoms with Crippen LogP contribution in [0.4, 0.5) is 0 Å². The van der Waals surface area contributed by atoms with E-state index in [-0.39, 0.29) is 6.04 Å². The zero-order valence-corrected chi connectivity index (χ0v) is 12.6. The Morgan fingerprint density at radius 3 is 2.10 bits per heavy atom. The lowest BCUT2D eigenvalue weighted by Crippen LogP contribution is -2.31. The van der Waals surface area contributed by atoms with Gasteiger partial charge in [-0.2, -0.15) is 0 Å². The third-order valence-corrected chi connectivity index (χ3v) is 3.91. The van der Waals surface area contributed by atoms with E-state index in [1.54, 1.807) is 0 Å². The fourth-order valence-electron chi connectivity index (χ4n) is 2.85. The summed E-state index contributed by atoms with van der Waals surface area (Å²) in [6, 6.07) is 17.2. The number of nitrogens with zero attached hydrogens (tertiary/aromatic N) is 1. The Morgan fingerprint density at radius 1 is 0.950 bits per heavy atom. The molecule has 1 unspecified atom stereocenters. The van der Waals surface area contributed by atoms with Gasteiger partial charge in [0, 0.05) is 19.1 Å². The average molecular weight is 268 g/mol. The highest BCUT2D eigenvalue weighted by Crippen LogP contribution is 2.26. The van der Waals surface area contributed by atoms with Gasteiger partial charge in [-0.3, -0.25) is 4.90 Å². The second-order valence-electron chi connectivity index (χ2n) is 5.46. The zero-order chi connectivity index (χ0) is 14.5. The summed E-state index contributed by atoms with van der Waals surface area (Å²) in [5.41, 5.74) is 11.4. The van der Waals surface area contributed by atoms with Crippen molar-refractivity contribution in [1.82, 2.24) is 4.90 Å². The molecule has 0 aromatic heterocycles. The van der Waals surface area contributed by atoms with Crippen LogP contribution in [0.5, 0.6) is 0 Å². The molecular formula is C18H24N2. The van der Waals surface area contributed by atoms with Crippen LogP contribution in [0.3, 0.4) is 0 Å². The fraction of sp³-hybridized carbons (Fsp3) is 0.333. The Kier molecular flexibility index (Phi) is 4.94. The lowest BCUT2D eigenvalue weighted by atomic mass is 9.95. The van der Waals surface area contributed by atoms with Crippen LogP contribution in [0, 0.1) is 13.8 Å². The van der Waals surface area contributed by atoms with Gasteiger partial charge in [-0.25, -0.2) is 0 Å². The fourth-order valence-corrected chi connectivity index (χ4v) is 2.85. The van der Waals surface area contributed by atoms with Crippen LogP contribution in [0.25, 0.3) is 0 Å². The van der Waals surface area contributed by atoms with Crippen molar-refractivity contribution in [3.63, 3.8) is 0 Å². The molecule has 2 aromatic carbocycles. The Morgan fingerprint density at radius 2 is 1.55 bits per heavy atom. The van der Waals surface area contributed by atoms with Crippen LogP contribution in [0.1, 0.15) is 28.3 Å². The van der Waals surface area contributed by atoms with E-state index < -0.39 is 0 Å². The molecule has 0 radical (unpaired) electrons. The van der Waals surface area contributed by atoms with Crippen LogP contribution in [0.2, 0.25) is 0 Å². The summed E-state index contributed by atoms with van der Waals surface area (Å²) in [4.78, 5) is 2.34. The van der Waals surface area contributed by atoms with Crippen molar-refractivity contribution >= 4 is 0 Å². The molecule has 2 heteroatoms. The molecule has 0 saturated carbocycles. The molecule has 2 aromatic rings. The van der Waals surface area contributed by atoms with Crippen LogP contribution in [0.15, 0.2) is 48.5 Å². The molecule has 0 aliphatic carbocycles. The summed E-state index contributed by atoms with van der Waals surface area (Å²) in [6.07, 6.45) is 0. The molecule has 0 aliphatic heterocycles. The lowest BCUT2D eigenvalue weighted by Gasteiger charge is -2.30. The molecule has 20 heavy (non-hydrogen) atoms. The maximum atomic E-state index is 6.06. The Labute approximate surface area is 122 Å². The molecule has 0 amide bonds. The number of likely N-dealkylation sites (N-methyl/N-ethyl adjacent to an activating group) is 1. The minimum Gasteiger partial charge on any atom is -0.329 e. The van der Waals surface area contributed by atoms with Gasteiger partial charge in [0.2, 0.25) is 0 Å². The molecule has 0 heterocycles. The van der Waals surface area contributed by atoms with Crippen molar-refractivity contribution in [2.45, 2.75) is 26.4 Å². The van der Waals surface area contributed by atoms with E-state index in [2.05, 4.69) is 74.3 Å². The summed E-state index contributed by atoms with van der Waals surface area (Å²) < 4.78 is 0. The number of nitrogens with two attached hydrogens (primary N) is 1. The molecule has 0 saturated heterocycles. The highest BCUT2D eigenvalue weighted by atomic mass is 15.1. The van der Waals surface area contributed by atoms with Gasteiger partial charge in [-0.15, -0.1) is 0 Å². The predicted octanol–water partition coefficient (Wildman–Crippen LogP) is 3.44. The monoisotopic (exact) mass is 268 g/mol. The smallest absolute Gasteiger partial charge is 0.0476 e. The number of hydrogen-bond donors (Lipinski definition) is 1. The summed E-state index contributed by atoms with van der Waals surface area (Å²) in [5, 5.41) is 0. The maximum absolute atomic E-state index is 6.06. The first-order valence-electron chi connectivity index (χ1n) is 7.14. The molecule has 2 N–H and O–H groups in total. The van der Waals surface area contributed by atoms with Gasteiger partial charge in [-0.05, 0) is 43.1 Å². The quantitative estimate of drug-likeness (QED) is 0.900. The lowest BCUT2D eigenvalue weighted by molar-refractivity contribution is 0.240. The first-order valence-corrected chi connectivity index (χ1v) is 7.14. The number of aryl methyl sites for hydroxylation is 2. The zero-order valence-electron chi connectivity index (χ0n) is 12.6. The van der Waals surface area contributed by atoms with Crippen LogP contribution in [-0.4, -0.2) is 18.5 Å². The van der Waals surface area contributed by atoms with Crippen molar-refractivity contribution in [2.24, 2.45) is 5.73 Å². The average Bonchev–Trinajstić information content (AvgIpc) is 2.44. The van der Waals surface area contributed by atoms with Crippen LogP contribution in [-0.2, 0) is 6.54 Å². The Bertz CT molecular complexity index is 528. The van der Waals surface area contributed by atoms with Gasteiger partial charge in [0.15, 0.2) is 0 Å². The standard InChI is InChI=1S/C18H24N2/c1-14-8-7-9-15(2)18(14)17(12-19)20(3)13-16-10-5-4-6-11-16/h4-11,17H,12-13,19H2,1-3H3. The third-order valence-electron chi connectivity index (χ3n) is 3.91. The Balaban J connectivity index is 2.24. The van der Waals surface area contributed by atoms with Gasteiger partial charge < -0.3 is 5.73 Å². The van der Waals surface area contributed by atoms with E-state index in [0.29, 0.717) is 6.54 Å². The van der Waals surface area contributed by atoms with E-state index in [0.717, 1.165) is 6.54 Å². The molecule has 0 fully saturated rings. The van der Waals surface area contributed by atoms with Crippen LogP contribution >= 0.6 is 0 Å². The topological polar surface area (TPSA) is 29.3 Å². The number of hydrogen-bond acceptors (Lipinski definition) is 2. The third kappa shape index (κ3) is 3.27. The summed E-state index contributed by atoms with van der Waals surface area (Å²) in [7, 11) is 2.15. The molecule has 0 bridgehead atoms. The largest absolute Gasteiger partial charge is 0.329 e. The normalized spacial score (nSPS) is 12.7. The second-order valence-corrected chi connectivity index (χ2v) is 5.46.